The minimum absolute atomic E-state index is 0.251. The number of halogens is 3. The third-order valence-corrected chi connectivity index (χ3v) is 4.23. The van der Waals surface area contributed by atoms with Gasteiger partial charge in [0.05, 0.1) is 13.7 Å². The van der Waals surface area contributed by atoms with Crippen LogP contribution in [0.1, 0.15) is 0 Å². The lowest BCUT2D eigenvalue weighted by atomic mass is 10.3. The summed E-state index contributed by atoms with van der Waals surface area (Å²) in [6.07, 6.45) is -1.32. The van der Waals surface area contributed by atoms with Crippen LogP contribution in [0.15, 0.2) is 12.1 Å². The van der Waals surface area contributed by atoms with Crippen LogP contribution in [-0.2, 0) is 9.53 Å². The van der Waals surface area contributed by atoms with E-state index in [4.69, 9.17) is 9.47 Å². The fraction of sp³-hybridized carbons (Fsp3) is 0.250. The third-order valence-electron chi connectivity index (χ3n) is 1.82. The molecule has 1 rings (SSSR count). The van der Waals surface area contributed by atoms with Gasteiger partial charge in [-0.1, -0.05) is 0 Å². The van der Waals surface area contributed by atoms with E-state index >= 15 is 0 Å². The van der Waals surface area contributed by atoms with E-state index in [0.717, 1.165) is 10.7 Å². The number of aliphatic hydroxyl groups excluding tert-OH is 1. The molecule has 0 fully saturated rings. The van der Waals surface area contributed by atoms with Gasteiger partial charge in [-0.2, -0.15) is 12.6 Å². The van der Waals surface area contributed by atoms with Crippen molar-refractivity contribution in [3.63, 3.8) is 0 Å². The Morgan fingerprint density at radius 3 is 2.50 bits per heavy atom. The van der Waals surface area contributed by atoms with Crippen LogP contribution in [0.3, 0.4) is 0 Å². The van der Waals surface area contributed by atoms with E-state index in [1.54, 1.807) is 0 Å². The maximum absolute atomic E-state index is 11.6. The number of ether oxygens (including phenoxy) is 2. The molecule has 8 heteroatoms. The summed E-state index contributed by atoms with van der Waals surface area (Å²) in [5.74, 6) is 4.63. The molecule has 0 saturated heterocycles. The van der Waals surface area contributed by atoms with E-state index in [1.807, 2.05) is 12.1 Å². The van der Waals surface area contributed by atoms with Crippen molar-refractivity contribution in [1.29, 1.82) is 0 Å². The number of hydrogen-bond donors (Lipinski definition) is 2. The lowest BCUT2D eigenvalue weighted by molar-refractivity contribution is -0.128. The Kier molecular flexibility index (Phi) is 9.07. The maximum Gasteiger partial charge on any atom is 0.390 e. The van der Waals surface area contributed by atoms with E-state index in [2.05, 4.69) is 92.2 Å². The molecule has 0 bridgehead atoms. The zero-order valence-electron chi connectivity index (χ0n) is 9.90. The number of benzene rings is 1. The van der Waals surface area contributed by atoms with Crippen LogP contribution >= 0.6 is 80.4 Å². The van der Waals surface area contributed by atoms with Crippen molar-refractivity contribution in [3.8, 4) is 17.6 Å². The molecule has 1 atom stereocenters. The molecule has 4 nitrogen and oxygen atoms in total. The number of rotatable bonds is 4. The quantitative estimate of drug-likeness (QED) is 0.102. The Balaban J connectivity index is 2.70. The number of aliphatic hydroxyl groups is 1. The largest absolute Gasteiger partial charge is 0.415 e. The summed E-state index contributed by atoms with van der Waals surface area (Å²) in [6.45, 7) is 0.251. The maximum atomic E-state index is 11.6. The van der Waals surface area contributed by atoms with Crippen LogP contribution < -0.4 is 4.74 Å². The number of hydrogen-bond acceptors (Lipinski definition) is 5. The Hall–Kier alpha value is 0.710. The fourth-order valence-corrected chi connectivity index (χ4v) is 4.98. The first kappa shape index (κ1) is 18.8. The van der Waals surface area contributed by atoms with Gasteiger partial charge in [-0.25, -0.2) is 4.79 Å². The van der Waals surface area contributed by atoms with Crippen LogP contribution in [0, 0.1) is 22.6 Å². The zero-order chi connectivity index (χ0) is 15.1. The Morgan fingerprint density at radius 1 is 1.35 bits per heavy atom. The zero-order valence-corrected chi connectivity index (χ0v) is 17.3. The van der Waals surface area contributed by atoms with Crippen LogP contribution in [0.2, 0.25) is 0 Å². The minimum atomic E-state index is -1.32. The van der Waals surface area contributed by atoms with Crippen molar-refractivity contribution in [2.75, 3.05) is 12.4 Å². The average molecular weight is 630 g/mol. The summed E-state index contributed by atoms with van der Waals surface area (Å²) >= 11 is 10.3. The van der Waals surface area contributed by atoms with Gasteiger partial charge in [0.1, 0.15) is 0 Å². The van der Waals surface area contributed by atoms with E-state index < -0.39 is 12.3 Å². The van der Waals surface area contributed by atoms with Crippen molar-refractivity contribution >= 4 is 86.4 Å². The van der Waals surface area contributed by atoms with E-state index in [-0.39, 0.29) is 6.61 Å². The van der Waals surface area contributed by atoms with Gasteiger partial charge < -0.3 is 14.6 Å². The minimum Gasteiger partial charge on any atom is -0.415 e. The molecule has 0 saturated carbocycles. The molecule has 1 aromatic carbocycles. The molecular formula is C12H9I3O4S. The Labute approximate surface area is 163 Å². The standard InChI is InChI=1S/C12H9I3O4S/c13-7-5-8(14)12(9(15)6-7)19-11(17)2-1-10(16)18-3-4-20/h5-6,10,16,20H,3-4H2. The first-order valence-electron chi connectivity index (χ1n) is 5.22. The van der Waals surface area contributed by atoms with Gasteiger partial charge in [0.2, 0.25) is 6.29 Å². The molecule has 1 unspecified atom stereocenters. The van der Waals surface area contributed by atoms with Crippen molar-refractivity contribution in [2.24, 2.45) is 0 Å². The summed E-state index contributed by atoms with van der Waals surface area (Å²) in [5, 5.41) is 9.30. The lowest BCUT2D eigenvalue weighted by Gasteiger charge is -2.07. The van der Waals surface area contributed by atoms with Crippen LogP contribution in [0.5, 0.6) is 5.75 Å². The van der Waals surface area contributed by atoms with Crippen LogP contribution in [-0.4, -0.2) is 29.7 Å². The Morgan fingerprint density at radius 2 is 1.95 bits per heavy atom. The van der Waals surface area contributed by atoms with Gasteiger partial charge in [-0.3, -0.25) is 0 Å². The van der Waals surface area contributed by atoms with Gasteiger partial charge >= 0.3 is 5.97 Å². The first-order chi connectivity index (χ1) is 9.43. The molecule has 0 aromatic heterocycles. The van der Waals surface area contributed by atoms with Crippen molar-refractivity contribution in [1.82, 2.24) is 0 Å². The highest BCUT2D eigenvalue weighted by Crippen LogP contribution is 2.29. The van der Waals surface area contributed by atoms with Gasteiger partial charge in [-0.05, 0) is 85.8 Å². The molecule has 0 radical (unpaired) electrons. The monoisotopic (exact) mass is 630 g/mol. The van der Waals surface area contributed by atoms with Gasteiger partial charge in [0.25, 0.3) is 0 Å². The molecule has 1 N–H and O–H groups in total. The highest BCUT2D eigenvalue weighted by Gasteiger charge is 2.11. The molecular weight excluding hydrogens is 621 g/mol. The van der Waals surface area contributed by atoms with Crippen LogP contribution in [0.4, 0.5) is 0 Å². The number of thiol groups is 1. The van der Waals surface area contributed by atoms with Gasteiger partial charge in [0, 0.05) is 15.2 Å². The molecule has 0 aliphatic rings. The predicted molar refractivity (Wildman–Crippen MR) is 104 cm³/mol. The molecule has 1 aromatic rings. The van der Waals surface area contributed by atoms with Gasteiger partial charge in [-0.15, -0.1) is 0 Å². The SMILES string of the molecule is O=C(C#CC(O)OCCS)Oc1c(I)cc(I)cc1I. The fourth-order valence-electron chi connectivity index (χ4n) is 1.07. The Bertz CT molecular complexity index is 530. The predicted octanol–water partition coefficient (Wildman–Crippen LogP) is 2.67. The number of carbonyl (C=O) groups is 1. The highest BCUT2D eigenvalue weighted by atomic mass is 127. The summed E-state index contributed by atoms with van der Waals surface area (Å²) in [7, 11) is 0. The average Bonchev–Trinajstić information content (AvgIpc) is 2.38. The first-order valence-corrected chi connectivity index (χ1v) is 9.09. The normalized spacial score (nSPS) is 11.4. The van der Waals surface area contributed by atoms with Gasteiger partial charge in [0.15, 0.2) is 5.75 Å². The third kappa shape index (κ3) is 6.65. The second-order valence-corrected chi connectivity index (χ2v) is 7.32. The topological polar surface area (TPSA) is 55.8 Å². The van der Waals surface area contributed by atoms with Crippen molar-refractivity contribution in [3.05, 3.63) is 22.8 Å². The van der Waals surface area contributed by atoms with E-state index in [0.29, 0.717) is 11.5 Å². The lowest BCUT2D eigenvalue weighted by Crippen LogP contribution is -2.13. The van der Waals surface area contributed by atoms with Crippen molar-refractivity contribution in [2.45, 2.75) is 6.29 Å². The number of carbonyl (C=O) groups excluding carboxylic acids is 1. The number of esters is 1. The smallest absolute Gasteiger partial charge is 0.390 e. The molecule has 0 spiro atoms. The highest BCUT2D eigenvalue weighted by molar-refractivity contribution is 14.1. The summed E-state index contributed by atoms with van der Waals surface area (Å²) < 4.78 is 12.7. The molecule has 0 amide bonds. The summed E-state index contributed by atoms with van der Waals surface area (Å²) in [4.78, 5) is 11.6. The van der Waals surface area contributed by atoms with E-state index in [9.17, 15) is 9.90 Å². The molecule has 0 heterocycles. The second-order valence-electron chi connectivity index (χ2n) is 3.30. The molecule has 0 aliphatic carbocycles. The van der Waals surface area contributed by atoms with E-state index in [1.165, 1.54) is 0 Å². The van der Waals surface area contributed by atoms with Crippen LogP contribution in [0.25, 0.3) is 0 Å². The van der Waals surface area contributed by atoms with Crippen molar-refractivity contribution < 1.29 is 19.4 Å². The molecule has 108 valence electrons. The summed E-state index contributed by atoms with van der Waals surface area (Å²) in [5.41, 5.74) is 0. The summed E-state index contributed by atoms with van der Waals surface area (Å²) in [6, 6.07) is 3.79. The second kappa shape index (κ2) is 9.67. The molecule has 20 heavy (non-hydrogen) atoms. The molecule has 0 aliphatic heterocycles.